The molecule has 0 saturated carbocycles. The normalized spacial score (nSPS) is 12.1. The van der Waals surface area contributed by atoms with Gasteiger partial charge < -0.3 is 9.52 Å². The molecule has 1 N–H and O–H groups in total. The van der Waals surface area contributed by atoms with Crippen LogP contribution in [0.25, 0.3) is 0 Å². The van der Waals surface area contributed by atoms with Gasteiger partial charge in [-0.1, -0.05) is 12.1 Å². The minimum atomic E-state index is -1.01. The molecule has 0 radical (unpaired) electrons. The van der Waals surface area contributed by atoms with Crippen LogP contribution in [-0.2, 0) is 4.79 Å². The quantitative estimate of drug-likeness (QED) is 0.663. The zero-order valence-electron chi connectivity index (χ0n) is 9.79. The van der Waals surface area contributed by atoms with Gasteiger partial charge in [0.05, 0.1) is 11.8 Å². The summed E-state index contributed by atoms with van der Waals surface area (Å²) in [6.07, 6.45) is 1.41. The average molecular weight is 244 g/mol. The van der Waals surface area contributed by atoms with Crippen molar-refractivity contribution in [1.82, 2.24) is 0 Å². The molecular formula is C14H12O4. The molecule has 0 aliphatic carbocycles. The lowest BCUT2D eigenvalue weighted by Crippen LogP contribution is -2.19. The lowest BCUT2D eigenvalue weighted by Gasteiger charge is -2.11. The Morgan fingerprint density at radius 1 is 1.17 bits per heavy atom. The van der Waals surface area contributed by atoms with Crippen LogP contribution < -0.4 is 0 Å². The Balaban J connectivity index is 2.42. The highest BCUT2D eigenvalue weighted by Crippen LogP contribution is 2.26. The number of benzene rings is 1. The summed E-state index contributed by atoms with van der Waals surface area (Å²) < 4.78 is 5.12. The van der Waals surface area contributed by atoms with Crippen LogP contribution in [0, 0.1) is 0 Å². The lowest BCUT2D eigenvalue weighted by atomic mass is 9.91. The molecule has 0 bridgehead atoms. The van der Waals surface area contributed by atoms with E-state index in [9.17, 15) is 14.7 Å². The Hall–Kier alpha value is -2.36. The monoisotopic (exact) mass is 244 g/mol. The van der Waals surface area contributed by atoms with E-state index in [-0.39, 0.29) is 22.9 Å². The molecule has 2 aromatic rings. The van der Waals surface area contributed by atoms with Gasteiger partial charge in [-0.3, -0.25) is 9.59 Å². The van der Waals surface area contributed by atoms with E-state index in [1.54, 1.807) is 24.3 Å². The maximum absolute atomic E-state index is 12.3. The second kappa shape index (κ2) is 4.87. The fourth-order valence-electron chi connectivity index (χ4n) is 1.81. The van der Waals surface area contributed by atoms with Crippen molar-refractivity contribution in [3.63, 3.8) is 0 Å². The van der Waals surface area contributed by atoms with Crippen molar-refractivity contribution >= 4 is 11.6 Å². The van der Waals surface area contributed by atoms with Crippen molar-refractivity contribution in [2.45, 2.75) is 12.8 Å². The number of hydrogen-bond donors (Lipinski definition) is 1. The number of ketones is 2. The zero-order valence-corrected chi connectivity index (χ0v) is 9.79. The third-order valence-electron chi connectivity index (χ3n) is 2.67. The summed E-state index contributed by atoms with van der Waals surface area (Å²) in [5, 5.41) is 9.65. The number of carbonyl (C=O) groups is 2. The van der Waals surface area contributed by atoms with E-state index in [1.807, 2.05) is 0 Å². The molecule has 92 valence electrons. The highest BCUT2D eigenvalue weighted by molar-refractivity contribution is 6.15. The van der Waals surface area contributed by atoms with Gasteiger partial charge in [-0.2, -0.15) is 0 Å². The van der Waals surface area contributed by atoms with E-state index >= 15 is 0 Å². The maximum Gasteiger partial charge on any atom is 0.184 e. The third-order valence-corrected chi connectivity index (χ3v) is 2.67. The molecule has 4 heteroatoms. The van der Waals surface area contributed by atoms with Crippen LogP contribution in [0.15, 0.2) is 47.1 Å². The number of aromatic hydroxyl groups is 1. The smallest absolute Gasteiger partial charge is 0.184 e. The second-order valence-corrected chi connectivity index (χ2v) is 3.94. The van der Waals surface area contributed by atoms with Gasteiger partial charge in [-0.25, -0.2) is 0 Å². The molecule has 0 spiro atoms. The van der Waals surface area contributed by atoms with E-state index in [1.165, 1.54) is 25.3 Å². The van der Waals surface area contributed by atoms with Gasteiger partial charge in [0.2, 0.25) is 0 Å². The van der Waals surface area contributed by atoms with Gasteiger partial charge in [-0.05, 0) is 31.2 Å². The number of phenolic OH excluding ortho intramolecular Hbond substituents is 1. The first kappa shape index (κ1) is 12.1. The molecule has 1 aromatic carbocycles. The maximum atomic E-state index is 12.3. The van der Waals surface area contributed by atoms with Crippen molar-refractivity contribution in [1.29, 1.82) is 0 Å². The van der Waals surface area contributed by atoms with Gasteiger partial charge in [0.1, 0.15) is 23.2 Å². The Morgan fingerprint density at radius 2 is 1.89 bits per heavy atom. The first-order valence-corrected chi connectivity index (χ1v) is 5.47. The predicted molar refractivity (Wildman–Crippen MR) is 64.6 cm³/mol. The molecular weight excluding hydrogens is 232 g/mol. The molecule has 1 unspecified atom stereocenters. The van der Waals surface area contributed by atoms with E-state index in [0.717, 1.165) is 0 Å². The average Bonchev–Trinajstić information content (AvgIpc) is 2.82. The number of carbonyl (C=O) groups excluding carboxylic acids is 2. The summed E-state index contributed by atoms with van der Waals surface area (Å²) in [4.78, 5) is 23.9. The van der Waals surface area contributed by atoms with Crippen LogP contribution in [0.3, 0.4) is 0 Å². The Morgan fingerprint density at radius 3 is 2.44 bits per heavy atom. The van der Waals surface area contributed by atoms with Crippen molar-refractivity contribution in [2.24, 2.45) is 0 Å². The first-order chi connectivity index (χ1) is 8.61. The van der Waals surface area contributed by atoms with Crippen molar-refractivity contribution in [3.05, 3.63) is 54.0 Å². The predicted octanol–water partition coefficient (Wildman–Crippen LogP) is 2.54. The molecule has 4 nitrogen and oxygen atoms in total. The molecule has 0 fully saturated rings. The minimum Gasteiger partial charge on any atom is -0.507 e. The van der Waals surface area contributed by atoms with Crippen LogP contribution in [0.4, 0.5) is 0 Å². The largest absolute Gasteiger partial charge is 0.507 e. The number of rotatable bonds is 4. The molecule has 0 aliphatic rings. The van der Waals surface area contributed by atoms with Crippen molar-refractivity contribution in [2.75, 3.05) is 0 Å². The van der Waals surface area contributed by atoms with Gasteiger partial charge in [0, 0.05) is 0 Å². The van der Waals surface area contributed by atoms with Gasteiger partial charge >= 0.3 is 0 Å². The first-order valence-electron chi connectivity index (χ1n) is 5.47. The van der Waals surface area contributed by atoms with E-state index in [0.29, 0.717) is 0 Å². The summed E-state index contributed by atoms with van der Waals surface area (Å²) in [6.45, 7) is 1.32. The number of para-hydroxylation sites is 1. The second-order valence-electron chi connectivity index (χ2n) is 3.94. The summed E-state index contributed by atoms with van der Waals surface area (Å²) in [6, 6.07) is 9.32. The summed E-state index contributed by atoms with van der Waals surface area (Å²) >= 11 is 0. The van der Waals surface area contributed by atoms with Crippen molar-refractivity contribution in [3.8, 4) is 5.75 Å². The molecule has 0 saturated heterocycles. The molecule has 2 rings (SSSR count). The number of phenols is 1. The third kappa shape index (κ3) is 2.18. The van der Waals surface area contributed by atoms with Crippen LogP contribution in [0.5, 0.6) is 5.75 Å². The molecule has 0 amide bonds. The van der Waals surface area contributed by atoms with E-state index < -0.39 is 11.7 Å². The molecule has 1 heterocycles. The van der Waals surface area contributed by atoms with Gasteiger partial charge in [-0.15, -0.1) is 0 Å². The lowest BCUT2D eigenvalue weighted by molar-refractivity contribution is -0.117. The Labute approximate surface area is 104 Å². The molecule has 0 aliphatic heterocycles. The van der Waals surface area contributed by atoms with E-state index in [4.69, 9.17) is 4.42 Å². The van der Waals surface area contributed by atoms with Crippen LogP contribution in [-0.4, -0.2) is 16.7 Å². The van der Waals surface area contributed by atoms with E-state index in [2.05, 4.69) is 0 Å². The SMILES string of the molecule is CC(=O)C(C(=O)c1ccccc1O)c1ccco1. The fraction of sp³-hybridized carbons (Fsp3) is 0.143. The fourth-order valence-corrected chi connectivity index (χ4v) is 1.81. The van der Waals surface area contributed by atoms with Crippen LogP contribution >= 0.6 is 0 Å². The highest BCUT2D eigenvalue weighted by Gasteiger charge is 2.30. The van der Waals surface area contributed by atoms with Crippen LogP contribution in [0.2, 0.25) is 0 Å². The number of hydrogen-bond acceptors (Lipinski definition) is 4. The highest BCUT2D eigenvalue weighted by atomic mass is 16.3. The van der Waals surface area contributed by atoms with Gasteiger partial charge in [0.15, 0.2) is 5.78 Å². The molecule has 18 heavy (non-hydrogen) atoms. The number of furan rings is 1. The number of Topliss-reactive ketones (excluding diaryl/α,β-unsaturated/α-hetero) is 2. The Kier molecular flexibility index (Phi) is 3.28. The zero-order chi connectivity index (χ0) is 13.1. The van der Waals surface area contributed by atoms with Crippen molar-refractivity contribution < 1.29 is 19.1 Å². The van der Waals surface area contributed by atoms with Gasteiger partial charge in [0.25, 0.3) is 0 Å². The summed E-state index contributed by atoms with van der Waals surface area (Å²) in [7, 11) is 0. The molecule has 1 atom stereocenters. The summed E-state index contributed by atoms with van der Waals surface area (Å²) in [5.74, 6) is -1.64. The van der Waals surface area contributed by atoms with Crippen LogP contribution in [0.1, 0.15) is 29.0 Å². The molecule has 1 aromatic heterocycles. The minimum absolute atomic E-state index is 0.120. The standard InChI is InChI=1S/C14H12O4/c1-9(15)13(12-7-4-8-18-12)14(17)10-5-2-3-6-11(10)16/h2-8,13,16H,1H3. The topological polar surface area (TPSA) is 67.5 Å². The summed E-state index contributed by atoms with van der Waals surface area (Å²) in [5.41, 5.74) is 0.120. The Bertz CT molecular complexity index is 569.